The van der Waals surface area contributed by atoms with Crippen LogP contribution in [-0.2, 0) is 4.74 Å². The van der Waals surface area contributed by atoms with Crippen LogP contribution in [0.5, 0.6) is 0 Å². The van der Waals surface area contributed by atoms with Crippen molar-refractivity contribution in [3.05, 3.63) is 0 Å². The van der Waals surface area contributed by atoms with Gasteiger partial charge in [-0.2, -0.15) is 5.26 Å². The molecule has 0 aromatic heterocycles. The largest absolute Gasteiger partial charge is 0.380 e. The minimum absolute atomic E-state index is 0.519. The van der Waals surface area contributed by atoms with Gasteiger partial charge in [0.15, 0.2) is 0 Å². The van der Waals surface area contributed by atoms with E-state index in [-0.39, 0.29) is 0 Å². The van der Waals surface area contributed by atoms with Gasteiger partial charge in [-0.25, -0.2) is 0 Å². The molecular formula is C11H20BrNO. The molecule has 0 N–H and O–H groups in total. The van der Waals surface area contributed by atoms with E-state index in [1.54, 1.807) is 0 Å². The number of ether oxygens (including phenoxy) is 1. The summed E-state index contributed by atoms with van der Waals surface area (Å²) in [5, 5.41) is 9.38. The number of nitrogens with zero attached hydrogens (tertiary/aromatic N) is 1. The fourth-order valence-corrected chi connectivity index (χ4v) is 1.62. The van der Waals surface area contributed by atoms with Gasteiger partial charge >= 0.3 is 0 Å². The fraction of sp³-hybridized carbons (Fsp3) is 0.909. The van der Waals surface area contributed by atoms with Crippen molar-refractivity contribution in [2.75, 3.05) is 18.5 Å². The van der Waals surface area contributed by atoms with Crippen molar-refractivity contribution in [3.8, 4) is 6.07 Å². The van der Waals surface area contributed by atoms with Crippen LogP contribution in [0.2, 0.25) is 0 Å². The van der Waals surface area contributed by atoms with Gasteiger partial charge in [-0.05, 0) is 12.8 Å². The molecule has 82 valence electrons. The highest BCUT2D eigenvalue weighted by molar-refractivity contribution is 9.09. The molecule has 0 spiro atoms. The number of alkyl halides is 1. The van der Waals surface area contributed by atoms with Gasteiger partial charge in [0.05, 0.1) is 19.1 Å². The maximum Gasteiger partial charge on any atom is 0.0645 e. The molecule has 0 heterocycles. The highest BCUT2D eigenvalue weighted by Crippen LogP contribution is 2.06. The van der Waals surface area contributed by atoms with Crippen LogP contribution in [0.1, 0.15) is 44.9 Å². The number of halogens is 1. The maximum atomic E-state index is 8.26. The Bertz CT molecular complexity index is 145. The Kier molecular flexibility index (Phi) is 12.9. The quantitative estimate of drug-likeness (QED) is 0.444. The van der Waals surface area contributed by atoms with E-state index in [0.29, 0.717) is 13.0 Å². The lowest BCUT2D eigenvalue weighted by molar-refractivity contribution is 0.135. The third-order valence-electron chi connectivity index (χ3n) is 2.03. The number of rotatable bonds is 10. The molecule has 0 saturated carbocycles. The minimum Gasteiger partial charge on any atom is -0.380 e. The molecular weight excluding hydrogens is 242 g/mol. The Morgan fingerprint density at radius 3 is 2.21 bits per heavy atom. The lowest BCUT2D eigenvalue weighted by Gasteiger charge is -2.01. The summed E-state index contributed by atoms with van der Waals surface area (Å²) in [4.78, 5) is 0. The molecule has 0 aliphatic carbocycles. The van der Waals surface area contributed by atoms with E-state index in [1.807, 2.05) is 0 Å². The van der Waals surface area contributed by atoms with Crippen molar-refractivity contribution in [2.24, 2.45) is 0 Å². The minimum atomic E-state index is 0.519. The van der Waals surface area contributed by atoms with E-state index >= 15 is 0 Å². The molecule has 0 saturated heterocycles. The Labute approximate surface area is 95.8 Å². The zero-order valence-corrected chi connectivity index (χ0v) is 10.4. The molecule has 0 aliphatic rings. The number of unbranched alkanes of at least 4 members (excludes halogenated alkanes) is 5. The van der Waals surface area contributed by atoms with Crippen molar-refractivity contribution >= 4 is 15.9 Å². The summed E-state index contributed by atoms with van der Waals surface area (Å²) < 4.78 is 5.27. The van der Waals surface area contributed by atoms with Crippen molar-refractivity contribution in [1.29, 1.82) is 5.26 Å². The van der Waals surface area contributed by atoms with E-state index in [2.05, 4.69) is 22.0 Å². The first-order chi connectivity index (χ1) is 6.91. The second-order valence-electron chi connectivity index (χ2n) is 3.33. The summed E-state index contributed by atoms with van der Waals surface area (Å²) in [6, 6.07) is 2.06. The van der Waals surface area contributed by atoms with Crippen LogP contribution in [-0.4, -0.2) is 18.5 Å². The first kappa shape index (κ1) is 13.9. The van der Waals surface area contributed by atoms with E-state index in [9.17, 15) is 0 Å². The molecule has 0 radical (unpaired) electrons. The van der Waals surface area contributed by atoms with Crippen molar-refractivity contribution < 1.29 is 4.74 Å². The number of hydrogen-bond acceptors (Lipinski definition) is 2. The molecule has 0 rings (SSSR count). The van der Waals surface area contributed by atoms with Gasteiger partial charge in [0.2, 0.25) is 0 Å². The molecule has 2 nitrogen and oxygen atoms in total. The molecule has 0 aromatic carbocycles. The fourth-order valence-electron chi connectivity index (χ4n) is 1.23. The molecule has 0 fully saturated rings. The summed E-state index contributed by atoms with van der Waals surface area (Å²) in [5.41, 5.74) is 0. The molecule has 0 unspecified atom stereocenters. The second-order valence-corrected chi connectivity index (χ2v) is 4.12. The normalized spacial score (nSPS) is 10.0. The molecule has 0 aromatic rings. The predicted molar refractivity (Wildman–Crippen MR) is 62.5 cm³/mol. The maximum absolute atomic E-state index is 8.26. The summed E-state index contributed by atoms with van der Waals surface area (Å²) in [6.45, 7) is 1.42. The second kappa shape index (κ2) is 12.9. The predicted octanol–water partition coefficient (Wildman–Crippen LogP) is 3.65. The third kappa shape index (κ3) is 11.9. The first-order valence-corrected chi connectivity index (χ1v) is 6.54. The third-order valence-corrected chi connectivity index (χ3v) is 2.59. The first-order valence-electron chi connectivity index (χ1n) is 5.42. The molecule has 0 amide bonds. The van der Waals surface area contributed by atoms with Crippen molar-refractivity contribution in [1.82, 2.24) is 0 Å². The molecule has 0 bridgehead atoms. The average molecular weight is 262 g/mol. The molecule has 14 heavy (non-hydrogen) atoms. The zero-order valence-electron chi connectivity index (χ0n) is 8.80. The zero-order chi connectivity index (χ0) is 10.5. The Balaban J connectivity index is 2.82. The van der Waals surface area contributed by atoms with Crippen molar-refractivity contribution in [2.45, 2.75) is 44.9 Å². The summed E-state index contributed by atoms with van der Waals surface area (Å²) in [7, 11) is 0. The van der Waals surface area contributed by atoms with Gasteiger partial charge in [-0.1, -0.05) is 41.6 Å². The lowest BCUT2D eigenvalue weighted by Crippen LogP contribution is -1.95. The van der Waals surface area contributed by atoms with Gasteiger partial charge in [0.25, 0.3) is 0 Å². The smallest absolute Gasteiger partial charge is 0.0645 e. The highest BCUT2D eigenvalue weighted by Gasteiger charge is 1.91. The summed E-state index contributed by atoms with van der Waals surface area (Å²) in [6.07, 6.45) is 8.19. The summed E-state index contributed by atoms with van der Waals surface area (Å²) >= 11 is 3.42. The average Bonchev–Trinajstić information content (AvgIpc) is 2.21. The van der Waals surface area contributed by atoms with Crippen LogP contribution in [0, 0.1) is 11.3 Å². The topological polar surface area (TPSA) is 33.0 Å². The van der Waals surface area contributed by atoms with E-state index < -0.39 is 0 Å². The van der Waals surface area contributed by atoms with Gasteiger partial charge in [-0.15, -0.1) is 0 Å². The molecule has 3 heteroatoms. The Morgan fingerprint density at radius 2 is 1.57 bits per heavy atom. The number of nitriles is 1. The van der Waals surface area contributed by atoms with Crippen LogP contribution >= 0.6 is 15.9 Å². The van der Waals surface area contributed by atoms with Crippen LogP contribution in [0.25, 0.3) is 0 Å². The van der Waals surface area contributed by atoms with Crippen molar-refractivity contribution in [3.63, 3.8) is 0 Å². The standard InChI is InChI=1S/C11H20BrNO/c12-8-5-3-1-2-4-6-10-14-11-7-9-13/h1-8,10-11H2. The molecule has 0 atom stereocenters. The van der Waals surface area contributed by atoms with Gasteiger partial charge in [0, 0.05) is 11.9 Å². The number of hydrogen-bond donors (Lipinski definition) is 0. The van der Waals surface area contributed by atoms with Crippen LogP contribution in [0.3, 0.4) is 0 Å². The van der Waals surface area contributed by atoms with Crippen LogP contribution in [0.15, 0.2) is 0 Å². The SMILES string of the molecule is N#CCCOCCCCCCCCBr. The summed E-state index contributed by atoms with van der Waals surface area (Å²) in [5.74, 6) is 0. The Morgan fingerprint density at radius 1 is 0.929 bits per heavy atom. The van der Waals surface area contributed by atoms with Crippen LogP contribution < -0.4 is 0 Å². The van der Waals surface area contributed by atoms with E-state index in [0.717, 1.165) is 18.4 Å². The van der Waals surface area contributed by atoms with Crippen LogP contribution in [0.4, 0.5) is 0 Å². The van der Waals surface area contributed by atoms with Gasteiger partial charge in [-0.3, -0.25) is 0 Å². The van der Waals surface area contributed by atoms with E-state index in [1.165, 1.54) is 32.1 Å². The molecule has 0 aliphatic heterocycles. The van der Waals surface area contributed by atoms with Gasteiger partial charge < -0.3 is 4.74 Å². The highest BCUT2D eigenvalue weighted by atomic mass is 79.9. The van der Waals surface area contributed by atoms with Gasteiger partial charge in [0.1, 0.15) is 0 Å². The Hall–Kier alpha value is -0.0700. The van der Waals surface area contributed by atoms with E-state index in [4.69, 9.17) is 10.00 Å². The monoisotopic (exact) mass is 261 g/mol. The lowest BCUT2D eigenvalue weighted by atomic mass is 10.1.